The lowest BCUT2D eigenvalue weighted by Gasteiger charge is -2.35. The van der Waals surface area contributed by atoms with Crippen molar-refractivity contribution in [2.24, 2.45) is 0 Å². The number of nitrogens with one attached hydrogen (secondary N) is 1. The van der Waals surface area contributed by atoms with Crippen LogP contribution in [0.3, 0.4) is 0 Å². The quantitative estimate of drug-likeness (QED) is 0.299. The zero-order valence-electron chi connectivity index (χ0n) is 24.8. The molecule has 1 aliphatic heterocycles. The third kappa shape index (κ3) is 7.25. The van der Waals surface area contributed by atoms with E-state index in [9.17, 15) is 4.79 Å². The van der Waals surface area contributed by atoms with Gasteiger partial charge in [0.1, 0.15) is 33.8 Å². The fourth-order valence-electron chi connectivity index (χ4n) is 4.66. The van der Waals surface area contributed by atoms with E-state index in [4.69, 9.17) is 25.8 Å². The van der Waals surface area contributed by atoms with Crippen LogP contribution in [0.2, 0.25) is 5.02 Å². The second-order valence-corrected chi connectivity index (χ2v) is 13.2. The number of anilines is 1. The van der Waals surface area contributed by atoms with Crippen molar-refractivity contribution in [1.29, 1.82) is 0 Å². The van der Waals surface area contributed by atoms with Crippen molar-refractivity contribution in [3.63, 3.8) is 0 Å². The summed E-state index contributed by atoms with van der Waals surface area (Å²) in [5.74, 6) is 0.0885. The van der Waals surface area contributed by atoms with Gasteiger partial charge >= 0.3 is 6.09 Å². The van der Waals surface area contributed by atoms with Crippen LogP contribution in [0.25, 0.3) is 21.1 Å². The number of rotatable bonds is 7. The normalized spacial score (nSPS) is 18.6. The highest BCUT2D eigenvalue weighted by molar-refractivity contribution is 7.18. The van der Waals surface area contributed by atoms with E-state index in [2.05, 4.69) is 20.5 Å². The molecule has 1 saturated heterocycles. The molecule has 4 rings (SSSR count). The Morgan fingerprint density at radius 2 is 1.90 bits per heavy atom. The molecule has 41 heavy (non-hydrogen) atoms. The monoisotopic (exact) mass is 605 g/mol. The van der Waals surface area contributed by atoms with Crippen LogP contribution in [0.15, 0.2) is 24.3 Å². The number of carbonyl (C=O) groups excluding carboxylic acids is 1. The molecule has 0 bridgehead atoms. The predicted molar refractivity (Wildman–Crippen MR) is 159 cm³/mol. The molecule has 2 aromatic heterocycles. The summed E-state index contributed by atoms with van der Waals surface area (Å²) in [5, 5.41) is 13.3. The van der Waals surface area contributed by atoms with Crippen LogP contribution in [-0.2, 0) is 9.47 Å². The molecule has 12 heteroatoms. The van der Waals surface area contributed by atoms with E-state index in [1.807, 2.05) is 39.8 Å². The number of pyridine rings is 1. The fraction of sp³-hybridized carbons (Fsp3) is 0.517. The van der Waals surface area contributed by atoms with Gasteiger partial charge in [-0.25, -0.2) is 14.2 Å². The minimum Gasteiger partial charge on any atom is -0.488 e. The van der Waals surface area contributed by atoms with E-state index >= 15 is 4.39 Å². The summed E-state index contributed by atoms with van der Waals surface area (Å²) in [4.78, 5) is 19.0. The first-order valence-electron chi connectivity index (χ1n) is 13.5. The van der Waals surface area contributed by atoms with Gasteiger partial charge in [0.05, 0.1) is 17.2 Å². The van der Waals surface area contributed by atoms with Gasteiger partial charge in [0.15, 0.2) is 11.6 Å². The molecule has 3 heterocycles. The molecule has 0 unspecified atom stereocenters. The minimum absolute atomic E-state index is 0.0203. The summed E-state index contributed by atoms with van der Waals surface area (Å²) in [6.45, 7) is 16.8. The van der Waals surface area contributed by atoms with Crippen LogP contribution in [0, 0.1) is 12.7 Å². The van der Waals surface area contributed by atoms with Crippen LogP contribution < -0.4 is 10.1 Å². The van der Waals surface area contributed by atoms with Gasteiger partial charge in [-0.15, -0.1) is 10.2 Å². The van der Waals surface area contributed by atoms with E-state index < -0.39 is 29.3 Å². The molecule has 0 aliphatic carbocycles. The lowest BCUT2D eigenvalue weighted by Crippen LogP contribution is -2.52. The Kier molecular flexibility index (Phi) is 8.82. The highest BCUT2D eigenvalue weighted by Gasteiger charge is 2.50. The third-order valence-corrected chi connectivity index (χ3v) is 7.56. The molecule has 3 aromatic rings. The topological polar surface area (TPSA) is 98.7 Å². The van der Waals surface area contributed by atoms with Crippen molar-refractivity contribution in [1.82, 2.24) is 20.1 Å². The molecule has 0 radical (unpaired) electrons. The summed E-state index contributed by atoms with van der Waals surface area (Å²) in [6.07, 6.45) is -0.902. The summed E-state index contributed by atoms with van der Waals surface area (Å²) in [6, 6.07) is 6.24. The Morgan fingerprint density at radius 1 is 1.22 bits per heavy atom. The molecule has 1 aromatic carbocycles. The molecule has 1 N–H and O–H groups in total. The van der Waals surface area contributed by atoms with Crippen molar-refractivity contribution in [2.45, 2.75) is 91.8 Å². The van der Waals surface area contributed by atoms with Crippen LogP contribution in [0.5, 0.6) is 5.75 Å². The summed E-state index contributed by atoms with van der Waals surface area (Å²) < 4.78 is 32.8. The van der Waals surface area contributed by atoms with Crippen LogP contribution in [0.4, 0.5) is 15.0 Å². The highest BCUT2D eigenvalue weighted by Crippen LogP contribution is 2.39. The maximum atomic E-state index is 15.3. The van der Waals surface area contributed by atoms with Gasteiger partial charge in [-0.05, 0) is 80.5 Å². The third-order valence-electron chi connectivity index (χ3n) is 6.24. The first-order valence-corrected chi connectivity index (χ1v) is 14.6. The molecular formula is C29H37ClFN5O4S. The number of halogens is 2. The first kappa shape index (κ1) is 30.9. The molecule has 0 saturated carbocycles. The molecule has 1 aliphatic rings. The van der Waals surface area contributed by atoms with Gasteiger partial charge in [0.25, 0.3) is 0 Å². The summed E-state index contributed by atoms with van der Waals surface area (Å²) in [7, 11) is 0. The molecule has 0 spiro atoms. The second kappa shape index (κ2) is 11.7. The van der Waals surface area contributed by atoms with Crippen LogP contribution in [0.1, 0.15) is 61.1 Å². The SMILES string of the molecule is Cc1cc(-c2nnc(-c3cc(F)c(OC[C@H]4[C@@H](C)OC(C)(C)N4C(=O)OC(C)(C)C)cc3Cl)s2)cc(NC(C)C)n1. The summed E-state index contributed by atoms with van der Waals surface area (Å²) in [5.41, 5.74) is 0.480. The average molecular weight is 606 g/mol. The van der Waals surface area contributed by atoms with Gasteiger partial charge in [0.2, 0.25) is 0 Å². The van der Waals surface area contributed by atoms with Crippen LogP contribution >= 0.6 is 22.9 Å². The van der Waals surface area contributed by atoms with Crippen molar-refractivity contribution >= 4 is 34.8 Å². The Labute approximate surface area is 249 Å². The van der Waals surface area contributed by atoms with E-state index in [-0.39, 0.29) is 29.5 Å². The Balaban J connectivity index is 1.53. The number of nitrogens with zero attached hydrogens (tertiary/aromatic N) is 4. The lowest BCUT2D eigenvalue weighted by molar-refractivity contribution is -0.0760. The second-order valence-electron chi connectivity index (χ2n) is 11.9. The van der Waals surface area contributed by atoms with Gasteiger partial charge in [-0.2, -0.15) is 0 Å². The highest BCUT2D eigenvalue weighted by atomic mass is 35.5. The number of amides is 1. The fourth-order valence-corrected chi connectivity index (χ4v) is 5.82. The summed E-state index contributed by atoms with van der Waals surface area (Å²) >= 11 is 7.88. The standard InChI is InChI=1S/C29H37ClFN5O4S/c1-15(2)32-24-11-18(10-16(3)33-24)25-34-35-26(41-25)19-12-21(31)23(13-20(19)30)38-14-22-17(4)39-29(8,9)36(22)27(37)40-28(5,6)7/h10-13,15,17,22H,14H2,1-9H3,(H,32,33)/t17-,22+/m1/s1. The van der Waals surface area contributed by atoms with Gasteiger partial charge in [0, 0.05) is 28.9 Å². The predicted octanol–water partition coefficient (Wildman–Crippen LogP) is 7.33. The number of hydrogen-bond donors (Lipinski definition) is 1. The minimum atomic E-state index is -0.926. The molecule has 2 atom stereocenters. The number of ether oxygens (including phenoxy) is 3. The van der Waals surface area contributed by atoms with Gasteiger partial charge < -0.3 is 19.5 Å². The van der Waals surface area contributed by atoms with E-state index in [1.54, 1.807) is 34.6 Å². The number of hydrogen-bond acceptors (Lipinski definition) is 9. The number of aryl methyl sites for hydroxylation is 1. The van der Waals surface area contributed by atoms with Crippen molar-refractivity contribution in [3.05, 3.63) is 40.8 Å². The maximum Gasteiger partial charge on any atom is 0.413 e. The van der Waals surface area contributed by atoms with Gasteiger partial charge in [-0.3, -0.25) is 4.90 Å². The molecule has 1 amide bonds. The van der Waals surface area contributed by atoms with Gasteiger partial charge in [-0.1, -0.05) is 22.9 Å². The molecular weight excluding hydrogens is 569 g/mol. The molecule has 1 fully saturated rings. The smallest absolute Gasteiger partial charge is 0.413 e. The van der Waals surface area contributed by atoms with E-state index in [0.29, 0.717) is 15.6 Å². The van der Waals surface area contributed by atoms with Crippen LogP contribution in [-0.4, -0.2) is 62.3 Å². The van der Waals surface area contributed by atoms with E-state index in [1.165, 1.54) is 28.4 Å². The van der Waals surface area contributed by atoms with E-state index in [0.717, 1.165) is 17.1 Å². The zero-order valence-corrected chi connectivity index (χ0v) is 26.4. The first-order chi connectivity index (χ1) is 19.0. The Hall–Kier alpha value is -3.02. The van der Waals surface area contributed by atoms with Crippen molar-refractivity contribution in [2.75, 3.05) is 11.9 Å². The van der Waals surface area contributed by atoms with Crippen molar-refractivity contribution < 1.29 is 23.4 Å². The average Bonchev–Trinajstić information content (AvgIpc) is 3.39. The maximum absolute atomic E-state index is 15.3. The number of aromatic nitrogens is 3. The van der Waals surface area contributed by atoms with Crippen molar-refractivity contribution in [3.8, 4) is 26.9 Å². The zero-order chi connectivity index (χ0) is 30.3. The Morgan fingerprint density at radius 3 is 2.56 bits per heavy atom. The molecule has 222 valence electrons. The molecule has 9 nitrogen and oxygen atoms in total. The largest absolute Gasteiger partial charge is 0.488 e. The Bertz CT molecular complexity index is 1420. The number of carbonyl (C=O) groups is 1. The number of benzene rings is 1. The lowest BCUT2D eigenvalue weighted by atomic mass is 10.1.